The first kappa shape index (κ1) is 29.1. The minimum atomic E-state index is -4.56. The predicted molar refractivity (Wildman–Crippen MR) is 135 cm³/mol. The topological polar surface area (TPSA) is 103 Å². The van der Waals surface area contributed by atoms with E-state index in [4.69, 9.17) is 37.6 Å². The molecule has 190 valence electrons. The van der Waals surface area contributed by atoms with Crippen molar-refractivity contribution in [3.05, 3.63) is 47.6 Å². The normalized spacial score (nSPS) is 23.6. The molecular weight excluding hydrogens is 453 g/mol. The van der Waals surface area contributed by atoms with Crippen molar-refractivity contribution in [2.45, 2.75) is 51.0 Å². The first-order valence-electron chi connectivity index (χ1n) is 11.6. The van der Waals surface area contributed by atoms with Crippen molar-refractivity contribution in [2.24, 2.45) is 35.0 Å². The Morgan fingerprint density at radius 2 is 1.63 bits per heavy atom. The highest BCUT2D eigenvalue weighted by Gasteiger charge is 2.43. The summed E-state index contributed by atoms with van der Waals surface area (Å²) in [6, 6.07) is 2.59. The third-order valence-corrected chi connectivity index (χ3v) is 6.99. The predicted octanol–water partition coefficient (Wildman–Crippen LogP) is 2.93. The van der Waals surface area contributed by atoms with Crippen LogP contribution in [-0.2, 0) is 10.9 Å². The van der Waals surface area contributed by atoms with Crippen LogP contribution in [0.4, 0.5) is 13.2 Å². The van der Waals surface area contributed by atoms with Crippen LogP contribution in [0.1, 0.15) is 50.8 Å². The maximum atomic E-state index is 12.6. The van der Waals surface area contributed by atoms with Crippen LogP contribution in [0.15, 0.2) is 36.3 Å². The van der Waals surface area contributed by atoms with E-state index in [1.54, 1.807) is 0 Å². The molecule has 0 aromatic carbocycles. The average Bonchev–Trinajstić information content (AvgIpc) is 3.41. The van der Waals surface area contributed by atoms with E-state index >= 15 is 0 Å². The monoisotopic (exact) mass is 489 g/mol. The molecule has 0 spiro atoms. The summed E-state index contributed by atoms with van der Waals surface area (Å²) in [5.74, 6) is 2.07. The van der Waals surface area contributed by atoms with E-state index in [0.717, 1.165) is 57.2 Å². The van der Waals surface area contributed by atoms with Gasteiger partial charge in [0.15, 0.2) is 5.69 Å². The van der Waals surface area contributed by atoms with Crippen LogP contribution in [0.5, 0.6) is 0 Å². The van der Waals surface area contributed by atoms with Crippen molar-refractivity contribution in [3.63, 3.8) is 0 Å². The van der Waals surface area contributed by atoms with E-state index in [2.05, 4.69) is 9.88 Å². The Labute approximate surface area is 209 Å². The standard InChI is InChI=1S/C13H21B2NO.C10H11F3N4.CH4/c14-13(15,12-4-6-17-7-5-12)16-8-10-2-1-3-11(10)9-16;11-10(12,13)9-6(2-1-5-17-9)7(14)3-4-8(15)16;/h10-12H,1-9H2;1-5H,14-16H2;1H4/b;7-3-;. The summed E-state index contributed by atoms with van der Waals surface area (Å²) in [7, 11) is 12.9. The number of alkyl halides is 3. The van der Waals surface area contributed by atoms with Crippen molar-refractivity contribution in [2.75, 3.05) is 26.3 Å². The molecule has 3 fully saturated rings. The fraction of sp³-hybridized carbons (Fsp3) is 0.625. The van der Waals surface area contributed by atoms with Crippen LogP contribution in [0.25, 0.3) is 5.70 Å². The van der Waals surface area contributed by atoms with Crippen LogP contribution < -0.4 is 17.2 Å². The molecule has 1 aliphatic carbocycles. The summed E-state index contributed by atoms with van der Waals surface area (Å²) in [6.07, 6.45) is 5.08. The molecular formula is C24H36B2F3N5O. The van der Waals surface area contributed by atoms with Gasteiger partial charge in [-0.05, 0) is 67.7 Å². The highest BCUT2D eigenvalue weighted by atomic mass is 19.4. The molecule has 2 saturated heterocycles. The number of likely N-dealkylation sites (tertiary alicyclic amines) is 1. The fourth-order valence-electron chi connectivity index (χ4n) is 5.11. The molecule has 35 heavy (non-hydrogen) atoms. The molecule has 3 heterocycles. The molecule has 6 N–H and O–H groups in total. The number of hydrogen-bond acceptors (Lipinski definition) is 6. The zero-order valence-corrected chi connectivity index (χ0v) is 19.3. The van der Waals surface area contributed by atoms with Gasteiger partial charge in [-0.3, -0.25) is 4.98 Å². The van der Waals surface area contributed by atoms with E-state index in [0.29, 0.717) is 5.92 Å². The van der Waals surface area contributed by atoms with E-state index in [1.807, 2.05) is 0 Å². The molecule has 0 bridgehead atoms. The quantitative estimate of drug-likeness (QED) is 0.444. The number of nitrogens with zero attached hydrogens (tertiary/aromatic N) is 2. The number of aromatic nitrogens is 1. The van der Waals surface area contributed by atoms with E-state index in [9.17, 15) is 13.2 Å². The largest absolute Gasteiger partial charge is 0.434 e. The van der Waals surface area contributed by atoms with E-state index < -0.39 is 17.2 Å². The Balaban J connectivity index is 0.000000240. The maximum absolute atomic E-state index is 12.6. The van der Waals surface area contributed by atoms with E-state index in [-0.39, 0.29) is 24.5 Å². The zero-order valence-electron chi connectivity index (χ0n) is 19.3. The van der Waals surface area contributed by atoms with Gasteiger partial charge >= 0.3 is 6.18 Å². The lowest BCUT2D eigenvalue weighted by atomic mass is 9.52. The number of pyridine rings is 1. The minimum Gasteiger partial charge on any atom is -0.398 e. The third-order valence-electron chi connectivity index (χ3n) is 6.99. The van der Waals surface area contributed by atoms with Gasteiger partial charge in [-0.15, -0.1) is 0 Å². The van der Waals surface area contributed by atoms with Crippen LogP contribution >= 0.6 is 0 Å². The number of hydrogen-bond donors (Lipinski definition) is 3. The number of halogens is 3. The molecule has 2 atom stereocenters. The third kappa shape index (κ3) is 7.43. The summed E-state index contributed by atoms with van der Waals surface area (Å²) in [5.41, 5.74) is 14.4. The molecule has 4 rings (SSSR count). The SMILES string of the molecule is C.NC(N)=C/C=C(\N)c1cccnc1C(F)(F)F.[B]C([B])(C1CCOCC1)N1CC2CCCC2C1. The van der Waals surface area contributed by atoms with Gasteiger partial charge < -0.3 is 26.8 Å². The lowest BCUT2D eigenvalue weighted by molar-refractivity contribution is -0.141. The Kier molecular flexibility index (Phi) is 10.2. The van der Waals surface area contributed by atoms with Gasteiger partial charge in [0.1, 0.15) is 0 Å². The van der Waals surface area contributed by atoms with Gasteiger partial charge in [-0.2, -0.15) is 13.2 Å². The van der Waals surface area contributed by atoms with Gasteiger partial charge in [0.05, 0.1) is 21.5 Å². The number of allylic oxidation sites excluding steroid dienone is 2. The minimum absolute atomic E-state index is 0. The molecule has 1 aromatic heterocycles. The number of nitrogens with two attached hydrogens (primary N) is 3. The molecule has 4 radical (unpaired) electrons. The Bertz CT molecular complexity index is 872. The summed E-state index contributed by atoms with van der Waals surface area (Å²) in [5, 5.41) is -0.603. The van der Waals surface area contributed by atoms with Crippen molar-refractivity contribution < 1.29 is 17.9 Å². The van der Waals surface area contributed by atoms with E-state index in [1.165, 1.54) is 43.5 Å². The molecule has 3 aliphatic rings. The Hall–Kier alpha value is -2.13. The molecule has 11 heteroatoms. The second-order valence-corrected chi connectivity index (χ2v) is 9.32. The highest BCUT2D eigenvalue weighted by Crippen LogP contribution is 2.41. The molecule has 2 unspecified atom stereocenters. The first-order chi connectivity index (χ1) is 16.0. The molecule has 0 amide bonds. The fourth-order valence-corrected chi connectivity index (χ4v) is 5.11. The molecule has 1 saturated carbocycles. The Morgan fingerprint density at radius 1 is 1.03 bits per heavy atom. The maximum Gasteiger partial charge on any atom is 0.434 e. The number of fused-ring (bicyclic) bond motifs is 1. The van der Waals surface area contributed by atoms with Crippen LogP contribution in [0.2, 0.25) is 0 Å². The highest BCUT2D eigenvalue weighted by molar-refractivity contribution is 6.40. The van der Waals surface area contributed by atoms with Crippen molar-refractivity contribution in [1.82, 2.24) is 9.88 Å². The summed E-state index contributed by atoms with van der Waals surface area (Å²) >= 11 is 0. The van der Waals surface area contributed by atoms with Crippen molar-refractivity contribution >= 4 is 21.4 Å². The second-order valence-electron chi connectivity index (χ2n) is 9.32. The molecule has 1 aromatic rings. The van der Waals surface area contributed by atoms with Gasteiger partial charge in [0.2, 0.25) is 0 Å². The van der Waals surface area contributed by atoms with Crippen LogP contribution in [0, 0.1) is 17.8 Å². The average molecular weight is 489 g/mol. The summed E-state index contributed by atoms with van der Waals surface area (Å²) < 4.78 is 43.2. The smallest absolute Gasteiger partial charge is 0.398 e. The zero-order chi connectivity index (χ0) is 24.9. The number of ether oxygens (including phenoxy) is 1. The molecule has 6 nitrogen and oxygen atoms in total. The van der Waals surface area contributed by atoms with Gasteiger partial charge in [0, 0.05) is 43.8 Å². The molecule has 2 aliphatic heterocycles. The van der Waals surface area contributed by atoms with Crippen molar-refractivity contribution in [3.8, 4) is 0 Å². The van der Waals surface area contributed by atoms with Crippen molar-refractivity contribution in [1.29, 1.82) is 0 Å². The van der Waals surface area contributed by atoms with Crippen LogP contribution in [0.3, 0.4) is 0 Å². The first-order valence-corrected chi connectivity index (χ1v) is 11.6. The van der Waals surface area contributed by atoms with Crippen LogP contribution in [-0.4, -0.2) is 57.2 Å². The summed E-state index contributed by atoms with van der Waals surface area (Å²) in [6.45, 7) is 3.88. The van der Waals surface area contributed by atoms with Gasteiger partial charge in [-0.1, -0.05) is 19.2 Å². The second kappa shape index (κ2) is 12.2. The lowest BCUT2D eigenvalue weighted by Gasteiger charge is -2.45. The Morgan fingerprint density at radius 3 is 2.17 bits per heavy atom. The number of rotatable bonds is 4. The van der Waals surface area contributed by atoms with Gasteiger partial charge in [0.25, 0.3) is 0 Å². The lowest BCUT2D eigenvalue weighted by Crippen LogP contribution is -2.55. The van der Waals surface area contributed by atoms with Gasteiger partial charge in [-0.25, -0.2) is 0 Å². The summed E-state index contributed by atoms with van der Waals surface area (Å²) in [4.78, 5) is 5.63.